The SMILES string of the molecule is CC[C@]1(C(=O)NCc2cccnc2)C[C@H]2CC[C@@H]1N2c1nnnn1-c1ccccc1. The highest BCUT2D eigenvalue weighted by Gasteiger charge is 2.60. The van der Waals surface area contributed by atoms with Crippen LogP contribution in [0.4, 0.5) is 5.95 Å². The number of fused-ring (bicyclic) bond motifs is 2. The Morgan fingerprint density at radius 2 is 2.07 bits per heavy atom. The minimum absolute atomic E-state index is 0.0925. The van der Waals surface area contributed by atoms with Crippen LogP contribution in [0.15, 0.2) is 54.9 Å². The number of hydrogen-bond acceptors (Lipinski definition) is 6. The summed E-state index contributed by atoms with van der Waals surface area (Å²) < 4.78 is 1.78. The molecule has 8 nitrogen and oxygen atoms in total. The fourth-order valence-corrected chi connectivity index (χ4v) is 5.21. The number of rotatable bonds is 6. The van der Waals surface area contributed by atoms with Crippen LogP contribution in [0.2, 0.25) is 0 Å². The van der Waals surface area contributed by atoms with Gasteiger partial charge >= 0.3 is 0 Å². The van der Waals surface area contributed by atoms with Crippen LogP contribution >= 0.6 is 0 Å². The Hall–Kier alpha value is -3.29. The lowest BCUT2D eigenvalue weighted by Crippen LogP contribution is -2.49. The highest BCUT2D eigenvalue weighted by Crippen LogP contribution is 2.53. The van der Waals surface area contributed by atoms with Crippen molar-refractivity contribution in [2.75, 3.05) is 4.90 Å². The number of tetrazole rings is 1. The third-order valence-electron chi connectivity index (χ3n) is 6.68. The highest BCUT2D eigenvalue weighted by atomic mass is 16.2. The number of carbonyl (C=O) groups is 1. The number of benzene rings is 1. The molecule has 0 aliphatic carbocycles. The third kappa shape index (κ3) is 2.94. The molecule has 8 heteroatoms. The normalized spacial score (nSPS) is 24.9. The van der Waals surface area contributed by atoms with Gasteiger partial charge in [0, 0.05) is 31.0 Å². The summed E-state index contributed by atoms with van der Waals surface area (Å²) in [6.45, 7) is 2.61. The summed E-state index contributed by atoms with van der Waals surface area (Å²) in [5.74, 6) is 0.842. The number of carbonyl (C=O) groups excluding carboxylic acids is 1. The number of aromatic nitrogens is 5. The van der Waals surface area contributed by atoms with Crippen LogP contribution in [0.5, 0.6) is 0 Å². The second-order valence-electron chi connectivity index (χ2n) is 8.14. The van der Waals surface area contributed by atoms with Crippen molar-refractivity contribution in [3.63, 3.8) is 0 Å². The fraction of sp³-hybridized carbons (Fsp3) is 0.409. The minimum Gasteiger partial charge on any atom is -0.351 e. The average molecular weight is 403 g/mol. The van der Waals surface area contributed by atoms with Crippen molar-refractivity contribution >= 4 is 11.9 Å². The summed E-state index contributed by atoms with van der Waals surface area (Å²) in [6, 6.07) is 14.1. The van der Waals surface area contributed by atoms with E-state index in [-0.39, 0.29) is 18.0 Å². The molecule has 2 aliphatic heterocycles. The number of anilines is 1. The molecule has 30 heavy (non-hydrogen) atoms. The van der Waals surface area contributed by atoms with Crippen LogP contribution in [-0.2, 0) is 11.3 Å². The molecule has 4 heterocycles. The lowest BCUT2D eigenvalue weighted by molar-refractivity contribution is -0.132. The van der Waals surface area contributed by atoms with Gasteiger partial charge < -0.3 is 10.2 Å². The highest BCUT2D eigenvalue weighted by molar-refractivity contribution is 5.85. The Bertz CT molecular complexity index is 1020. The maximum atomic E-state index is 13.4. The van der Waals surface area contributed by atoms with Gasteiger partial charge in [-0.3, -0.25) is 9.78 Å². The number of hydrogen-bond donors (Lipinski definition) is 1. The second-order valence-corrected chi connectivity index (χ2v) is 8.14. The number of nitrogens with one attached hydrogen (secondary N) is 1. The van der Waals surface area contributed by atoms with Crippen molar-refractivity contribution in [2.24, 2.45) is 5.41 Å². The summed E-state index contributed by atoms with van der Waals surface area (Å²) in [5, 5.41) is 15.7. The van der Waals surface area contributed by atoms with E-state index in [0.717, 1.165) is 42.9 Å². The quantitative estimate of drug-likeness (QED) is 0.680. The predicted octanol–water partition coefficient (Wildman–Crippen LogP) is 2.51. The molecule has 2 aliphatic rings. The average Bonchev–Trinajstić information content (AvgIpc) is 3.51. The monoisotopic (exact) mass is 403 g/mol. The molecule has 2 aromatic heterocycles. The maximum Gasteiger partial charge on any atom is 0.250 e. The van der Waals surface area contributed by atoms with E-state index in [0.29, 0.717) is 6.54 Å². The summed E-state index contributed by atoms with van der Waals surface area (Å²) in [5.41, 5.74) is 1.50. The van der Waals surface area contributed by atoms with Gasteiger partial charge in [0.25, 0.3) is 5.95 Å². The third-order valence-corrected chi connectivity index (χ3v) is 6.68. The Morgan fingerprint density at radius 1 is 1.20 bits per heavy atom. The van der Waals surface area contributed by atoms with E-state index in [1.807, 2.05) is 42.5 Å². The molecule has 0 unspecified atom stereocenters. The van der Waals surface area contributed by atoms with Crippen molar-refractivity contribution in [1.82, 2.24) is 30.5 Å². The van der Waals surface area contributed by atoms with Crippen LogP contribution in [-0.4, -0.2) is 43.2 Å². The molecule has 2 saturated heterocycles. The molecule has 3 atom stereocenters. The lowest BCUT2D eigenvalue weighted by Gasteiger charge is -2.35. The first-order chi connectivity index (χ1) is 14.7. The molecule has 2 bridgehead atoms. The Morgan fingerprint density at radius 3 is 2.83 bits per heavy atom. The summed E-state index contributed by atoms with van der Waals surface area (Å²) in [4.78, 5) is 19.8. The van der Waals surface area contributed by atoms with Crippen molar-refractivity contribution in [3.8, 4) is 5.69 Å². The van der Waals surface area contributed by atoms with Crippen LogP contribution in [0.1, 0.15) is 38.2 Å². The smallest absolute Gasteiger partial charge is 0.250 e. The first-order valence-electron chi connectivity index (χ1n) is 10.5. The molecule has 1 N–H and O–H groups in total. The van der Waals surface area contributed by atoms with E-state index in [9.17, 15) is 4.79 Å². The zero-order valence-corrected chi connectivity index (χ0v) is 17.0. The summed E-state index contributed by atoms with van der Waals surface area (Å²) >= 11 is 0. The first kappa shape index (κ1) is 18.7. The van der Waals surface area contributed by atoms with E-state index >= 15 is 0 Å². The van der Waals surface area contributed by atoms with Crippen LogP contribution in [0.25, 0.3) is 5.69 Å². The molecular formula is C22H25N7O. The zero-order chi connectivity index (χ0) is 20.6. The predicted molar refractivity (Wildman–Crippen MR) is 112 cm³/mol. The molecule has 0 spiro atoms. The molecule has 3 aromatic rings. The fourth-order valence-electron chi connectivity index (χ4n) is 5.21. The lowest BCUT2D eigenvalue weighted by atomic mass is 9.71. The van der Waals surface area contributed by atoms with Gasteiger partial charge in [-0.1, -0.05) is 36.3 Å². The Kier molecular flexibility index (Phi) is 4.69. The van der Waals surface area contributed by atoms with Gasteiger partial charge in [-0.05, 0) is 59.9 Å². The van der Waals surface area contributed by atoms with E-state index < -0.39 is 5.41 Å². The van der Waals surface area contributed by atoms with Gasteiger partial charge in [0.05, 0.1) is 11.1 Å². The zero-order valence-electron chi connectivity index (χ0n) is 17.0. The van der Waals surface area contributed by atoms with Gasteiger partial charge in [0.2, 0.25) is 5.91 Å². The summed E-state index contributed by atoms with van der Waals surface area (Å²) in [7, 11) is 0. The van der Waals surface area contributed by atoms with E-state index in [4.69, 9.17) is 0 Å². The van der Waals surface area contributed by atoms with Gasteiger partial charge in [0.1, 0.15) is 0 Å². The van der Waals surface area contributed by atoms with Gasteiger partial charge in [0.15, 0.2) is 0 Å². The molecular weight excluding hydrogens is 378 g/mol. The first-order valence-corrected chi connectivity index (χ1v) is 10.5. The Balaban J connectivity index is 1.41. The molecule has 0 saturated carbocycles. The number of amides is 1. The molecule has 0 radical (unpaired) electrons. The molecule has 154 valence electrons. The number of para-hydroxylation sites is 1. The Labute approximate surface area is 175 Å². The number of nitrogens with zero attached hydrogens (tertiary/aromatic N) is 6. The largest absolute Gasteiger partial charge is 0.351 e. The van der Waals surface area contributed by atoms with Crippen LogP contribution in [0.3, 0.4) is 0 Å². The summed E-state index contributed by atoms with van der Waals surface area (Å²) in [6.07, 6.45) is 7.18. The van der Waals surface area contributed by atoms with Crippen LogP contribution in [0, 0.1) is 5.41 Å². The van der Waals surface area contributed by atoms with E-state index in [1.54, 1.807) is 17.1 Å². The van der Waals surface area contributed by atoms with Crippen molar-refractivity contribution in [3.05, 3.63) is 60.4 Å². The van der Waals surface area contributed by atoms with Crippen molar-refractivity contribution in [1.29, 1.82) is 0 Å². The maximum absolute atomic E-state index is 13.4. The van der Waals surface area contributed by atoms with Crippen molar-refractivity contribution < 1.29 is 4.79 Å². The van der Waals surface area contributed by atoms with Gasteiger partial charge in [-0.2, -0.15) is 4.68 Å². The minimum atomic E-state index is -0.432. The molecule has 1 aromatic carbocycles. The molecule has 1 amide bonds. The van der Waals surface area contributed by atoms with Gasteiger partial charge in [-0.25, -0.2) is 0 Å². The van der Waals surface area contributed by atoms with E-state index in [1.165, 1.54) is 0 Å². The molecule has 2 fully saturated rings. The second kappa shape index (κ2) is 7.51. The van der Waals surface area contributed by atoms with Gasteiger partial charge in [-0.15, -0.1) is 0 Å². The standard InChI is InChI=1S/C22H25N7O/c1-2-22(20(30)24-15-16-7-6-12-23-14-16)13-18-10-11-19(22)28(18)21-25-26-27-29(21)17-8-4-3-5-9-17/h3-9,12,14,18-19H,2,10-11,13,15H2,1H3,(H,24,30)/t18-,19+,22+/m1/s1. The number of pyridine rings is 1. The van der Waals surface area contributed by atoms with E-state index in [2.05, 4.69) is 37.6 Å². The van der Waals surface area contributed by atoms with Crippen LogP contribution < -0.4 is 10.2 Å². The molecule has 5 rings (SSSR count). The van der Waals surface area contributed by atoms with Crippen molar-refractivity contribution in [2.45, 2.75) is 51.2 Å². The topological polar surface area (TPSA) is 88.8 Å².